The summed E-state index contributed by atoms with van der Waals surface area (Å²) in [5.41, 5.74) is 0.441. The predicted molar refractivity (Wildman–Crippen MR) is 89.6 cm³/mol. The Hall–Kier alpha value is -0.120. The minimum atomic E-state index is 0.441. The van der Waals surface area contributed by atoms with Crippen molar-refractivity contribution in [2.75, 3.05) is 26.7 Å². The van der Waals surface area contributed by atoms with Crippen LogP contribution in [0.25, 0.3) is 0 Å². The van der Waals surface area contributed by atoms with Crippen molar-refractivity contribution in [1.82, 2.24) is 15.1 Å². The van der Waals surface area contributed by atoms with Crippen molar-refractivity contribution in [3.05, 3.63) is 0 Å². The summed E-state index contributed by atoms with van der Waals surface area (Å²) < 4.78 is 0. The first-order valence-electron chi connectivity index (χ1n) is 9.22. The topological polar surface area (TPSA) is 18.5 Å². The zero-order valence-electron chi connectivity index (χ0n) is 14.6. The molecule has 0 amide bonds. The van der Waals surface area contributed by atoms with Gasteiger partial charge in [-0.05, 0) is 51.1 Å². The molecule has 4 atom stereocenters. The molecular formula is C18H35N3. The maximum atomic E-state index is 3.84. The average molecular weight is 293 g/mol. The lowest BCUT2D eigenvalue weighted by Gasteiger charge is -2.49. The van der Waals surface area contributed by atoms with Crippen molar-refractivity contribution in [3.8, 4) is 0 Å². The van der Waals surface area contributed by atoms with Gasteiger partial charge >= 0.3 is 0 Å². The summed E-state index contributed by atoms with van der Waals surface area (Å²) >= 11 is 0. The highest BCUT2D eigenvalue weighted by molar-refractivity contribution is 5.01. The molecule has 3 aliphatic rings. The molecule has 3 rings (SSSR count). The molecule has 2 heterocycles. The third kappa shape index (κ3) is 3.02. The number of hydrogen-bond donors (Lipinski definition) is 1. The fourth-order valence-corrected chi connectivity index (χ4v) is 5.27. The number of nitrogens with one attached hydrogen (secondary N) is 1. The minimum absolute atomic E-state index is 0.441. The first kappa shape index (κ1) is 15.8. The van der Waals surface area contributed by atoms with Gasteiger partial charge < -0.3 is 5.32 Å². The fraction of sp³-hybridized carbons (Fsp3) is 1.00. The van der Waals surface area contributed by atoms with Gasteiger partial charge in [-0.3, -0.25) is 9.80 Å². The first-order chi connectivity index (χ1) is 10.0. The minimum Gasteiger partial charge on any atom is -0.312 e. The third-order valence-electron chi connectivity index (χ3n) is 6.62. The van der Waals surface area contributed by atoms with E-state index in [1.165, 1.54) is 51.6 Å². The molecule has 0 aromatic heterocycles. The highest BCUT2D eigenvalue weighted by atomic mass is 15.3. The average Bonchev–Trinajstić information content (AvgIpc) is 2.66. The van der Waals surface area contributed by atoms with E-state index in [-0.39, 0.29) is 0 Å². The maximum absolute atomic E-state index is 3.84. The Kier molecular flexibility index (Phi) is 4.63. The van der Waals surface area contributed by atoms with Crippen LogP contribution in [0.15, 0.2) is 0 Å². The molecule has 2 bridgehead atoms. The SMILES string of the molecule is CCNC1C(N2CCC3CCC(C2)N3C)CCCC1(C)C. The van der Waals surface area contributed by atoms with Crippen LogP contribution in [0.3, 0.4) is 0 Å². The fourth-order valence-electron chi connectivity index (χ4n) is 5.27. The van der Waals surface area contributed by atoms with E-state index in [0.717, 1.165) is 24.7 Å². The largest absolute Gasteiger partial charge is 0.312 e. The van der Waals surface area contributed by atoms with Gasteiger partial charge in [0.15, 0.2) is 0 Å². The van der Waals surface area contributed by atoms with Crippen LogP contribution in [-0.2, 0) is 0 Å². The molecule has 0 aromatic carbocycles. The molecule has 3 nitrogen and oxygen atoms in total. The molecule has 4 unspecified atom stereocenters. The van der Waals surface area contributed by atoms with Crippen LogP contribution in [0.5, 0.6) is 0 Å². The quantitative estimate of drug-likeness (QED) is 0.863. The Bertz CT molecular complexity index is 354. The summed E-state index contributed by atoms with van der Waals surface area (Å²) in [6.07, 6.45) is 8.40. The Morgan fingerprint density at radius 1 is 1.10 bits per heavy atom. The second kappa shape index (κ2) is 6.17. The van der Waals surface area contributed by atoms with Crippen LogP contribution in [-0.4, -0.2) is 60.6 Å². The van der Waals surface area contributed by atoms with E-state index >= 15 is 0 Å². The number of hydrogen-bond acceptors (Lipinski definition) is 3. The highest BCUT2D eigenvalue weighted by Gasteiger charge is 2.43. The summed E-state index contributed by atoms with van der Waals surface area (Å²) in [6.45, 7) is 10.9. The molecule has 3 heteroatoms. The standard InChI is InChI=1S/C18H35N3/c1-5-19-17-16(7-6-11-18(17,2)3)21-12-10-14-8-9-15(13-21)20(14)4/h14-17,19H,5-13H2,1-4H3. The Labute approximate surface area is 131 Å². The van der Waals surface area contributed by atoms with Crippen molar-refractivity contribution in [1.29, 1.82) is 0 Å². The van der Waals surface area contributed by atoms with E-state index in [1.807, 2.05) is 0 Å². The van der Waals surface area contributed by atoms with Gasteiger partial charge in [-0.1, -0.05) is 27.2 Å². The second-order valence-electron chi connectivity index (χ2n) is 8.32. The van der Waals surface area contributed by atoms with Crippen LogP contribution in [0, 0.1) is 5.41 Å². The van der Waals surface area contributed by atoms with Gasteiger partial charge in [0.05, 0.1) is 0 Å². The van der Waals surface area contributed by atoms with Crippen LogP contribution in [0.4, 0.5) is 0 Å². The molecule has 1 N–H and O–H groups in total. The van der Waals surface area contributed by atoms with Crippen molar-refractivity contribution in [2.24, 2.45) is 5.41 Å². The molecule has 2 aliphatic heterocycles. The molecule has 3 fully saturated rings. The summed E-state index contributed by atoms with van der Waals surface area (Å²) in [5.74, 6) is 0. The van der Waals surface area contributed by atoms with E-state index in [0.29, 0.717) is 11.5 Å². The molecule has 2 saturated heterocycles. The molecule has 0 aromatic rings. The first-order valence-corrected chi connectivity index (χ1v) is 9.22. The smallest absolute Gasteiger partial charge is 0.0274 e. The Morgan fingerprint density at radius 2 is 1.86 bits per heavy atom. The zero-order chi connectivity index (χ0) is 15.0. The number of rotatable bonds is 3. The zero-order valence-corrected chi connectivity index (χ0v) is 14.6. The molecule has 1 saturated carbocycles. The van der Waals surface area contributed by atoms with Gasteiger partial charge in [0.2, 0.25) is 0 Å². The van der Waals surface area contributed by atoms with Crippen molar-refractivity contribution < 1.29 is 0 Å². The van der Waals surface area contributed by atoms with E-state index in [9.17, 15) is 0 Å². The molecule has 0 spiro atoms. The molecule has 0 radical (unpaired) electrons. The van der Waals surface area contributed by atoms with Crippen molar-refractivity contribution in [3.63, 3.8) is 0 Å². The Balaban J connectivity index is 1.74. The molecule has 1 aliphatic carbocycles. The van der Waals surface area contributed by atoms with Crippen LogP contribution < -0.4 is 5.32 Å². The lowest BCUT2D eigenvalue weighted by Crippen LogP contribution is -2.60. The van der Waals surface area contributed by atoms with Gasteiger partial charge in [-0.15, -0.1) is 0 Å². The van der Waals surface area contributed by atoms with E-state index in [2.05, 4.69) is 42.9 Å². The molecule has 122 valence electrons. The second-order valence-corrected chi connectivity index (χ2v) is 8.32. The summed E-state index contributed by atoms with van der Waals surface area (Å²) in [7, 11) is 2.36. The van der Waals surface area contributed by atoms with Crippen LogP contribution in [0.2, 0.25) is 0 Å². The predicted octanol–water partition coefficient (Wildman–Crippen LogP) is 2.71. The van der Waals surface area contributed by atoms with Gasteiger partial charge in [0.25, 0.3) is 0 Å². The number of likely N-dealkylation sites (tertiary alicyclic amines) is 1. The normalized spacial score (nSPS) is 41.1. The van der Waals surface area contributed by atoms with Gasteiger partial charge in [-0.25, -0.2) is 0 Å². The number of nitrogens with zero attached hydrogens (tertiary/aromatic N) is 2. The third-order valence-corrected chi connectivity index (χ3v) is 6.62. The van der Waals surface area contributed by atoms with Crippen molar-refractivity contribution in [2.45, 2.75) is 83.5 Å². The number of likely N-dealkylation sites (N-methyl/N-ethyl adjacent to an activating group) is 2. The lowest BCUT2D eigenvalue weighted by atomic mass is 9.70. The molecule has 21 heavy (non-hydrogen) atoms. The van der Waals surface area contributed by atoms with E-state index in [1.54, 1.807) is 0 Å². The maximum Gasteiger partial charge on any atom is 0.0274 e. The Morgan fingerprint density at radius 3 is 2.62 bits per heavy atom. The summed E-state index contributed by atoms with van der Waals surface area (Å²) in [5, 5.41) is 3.84. The van der Waals surface area contributed by atoms with Crippen LogP contribution >= 0.6 is 0 Å². The molecular weight excluding hydrogens is 258 g/mol. The van der Waals surface area contributed by atoms with Crippen molar-refractivity contribution >= 4 is 0 Å². The van der Waals surface area contributed by atoms with Gasteiger partial charge in [-0.2, -0.15) is 0 Å². The van der Waals surface area contributed by atoms with E-state index < -0.39 is 0 Å². The highest BCUT2D eigenvalue weighted by Crippen LogP contribution is 2.39. The van der Waals surface area contributed by atoms with Gasteiger partial charge in [0.1, 0.15) is 0 Å². The summed E-state index contributed by atoms with van der Waals surface area (Å²) in [4.78, 5) is 5.53. The van der Waals surface area contributed by atoms with Gasteiger partial charge in [0, 0.05) is 37.3 Å². The van der Waals surface area contributed by atoms with Crippen LogP contribution in [0.1, 0.15) is 59.3 Å². The monoisotopic (exact) mass is 293 g/mol. The van der Waals surface area contributed by atoms with E-state index in [4.69, 9.17) is 0 Å². The summed E-state index contributed by atoms with van der Waals surface area (Å²) in [6, 6.07) is 3.08. The number of fused-ring (bicyclic) bond motifs is 2. The lowest BCUT2D eigenvalue weighted by molar-refractivity contribution is 0.0440.